The lowest BCUT2D eigenvalue weighted by Gasteiger charge is -2.10. The molecule has 1 saturated heterocycles. The van der Waals surface area contributed by atoms with Crippen LogP contribution in [0.3, 0.4) is 0 Å². The van der Waals surface area contributed by atoms with Crippen molar-refractivity contribution in [3.05, 3.63) is 34.3 Å². The normalized spacial score (nSPS) is 21.2. The van der Waals surface area contributed by atoms with E-state index in [1.165, 1.54) is 11.1 Å². The molecule has 2 aliphatic heterocycles. The van der Waals surface area contributed by atoms with Gasteiger partial charge >= 0.3 is 5.97 Å². The number of amides is 1. The first-order valence-corrected chi connectivity index (χ1v) is 7.81. The molecule has 3 rings (SSSR count). The third kappa shape index (κ3) is 4.71. The van der Waals surface area contributed by atoms with Gasteiger partial charge < -0.3 is 15.3 Å². The monoisotopic (exact) mass is 324 g/mol. The highest BCUT2D eigenvalue weighted by molar-refractivity contribution is 6.30. The molecule has 1 fully saturated rings. The van der Waals surface area contributed by atoms with Crippen molar-refractivity contribution in [2.45, 2.75) is 31.7 Å². The van der Waals surface area contributed by atoms with Gasteiger partial charge in [0.15, 0.2) is 0 Å². The van der Waals surface area contributed by atoms with E-state index in [4.69, 9.17) is 16.7 Å². The zero-order chi connectivity index (χ0) is 16.1. The summed E-state index contributed by atoms with van der Waals surface area (Å²) in [6, 6.07) is 5.62. The van der Waals surface area contributed by atoms with E-state index in [0.717, 1.165) is 31.0 Å². The van der Waals surface area contributed by atoms with Gasteiger partial charge in [0.2, 0.25) is 5.91 Å². The molecule has 1 atom stereocenters. The van der Waals surface area contributed by atoms with Crippen LogP contribution in [0, 0.1) is 0 Å². The van der Waals surface area contributed by atoms with Crippen molar-refractivity contribution in [3.63, 3.8) is 0 Å². The largest absolute Gasteiger partial charge is 0.480 e. The lowest BCUT2D eigenvalue weighted by Crippen LogP contribution is -2.32. The molecular weight excluding hydrogens is 304 g/mol. The molecule has 0 aliphatic carbocycles. The van der Waals surface area contributed by atoms with Crippen LogP contribution in [-0.2, 0) is 22.4 Å². The van der Waals surface area contributed by atoms with Gasteiger partial charge in [-0.25, -0.2) is 4.79 Å². The maximum atomic E-state index is 10.4. The fourth-order valence-corrected chi connectivity index (χ4v) is 2.80. The highest BCUT2D eigenvalue weighted by atomic mass is 35.5. The van der Waals surface area contributed by atoms with Gasteiger partial charge in [0.1, 0.15) is 6.04 Å². The van der Waals surface area contributed by atoms with Gasteiger partial charge in [-0.05, 0) is 49.6 Å². The van der Waals surface area contributed by atoms with Crippen LogP contribution in [-0.4, -0.2) is 48.1 Å². The zero-order valence-electron chi connectivity index (χ0n) is 12.6. The van der Waals surface area contributed by atoms with Crippen molar-refractivity contribution >= 4 is 23.5 Å². The van der Waals surface area contributed by atoms with E-state index in [-0.39, 0.29) is 5.91 Å². The molecule has 22 heavy (non-hydrogen) atoms. The standard InChI is InChI=1S/C11H14ClN.C5H7NO3/c1-13-6-4-9-2-3-11(12)8-10(9)5-7-13;7-4-2-1-3(6-4)5(8)9/h2-3,8H,4-7H2,1H3;3H,1-2H2,(H,6,7)(H,8,9)/t;3-/m.1/s1. The number of carboxylic acids is 1. The summed E-state index contributed by atoms with van der Waals surface area (Å²) in [5, 5.41) is 11.5. The Morgan fingerprint density at radius 2 is 1.95 bits per heavy atom. The minimum absolute atomic E-state index is 0.164. The molecule has 0 saturated carbocycles. The number of rotatable bonds is 1. The van der Waals surface area contributed by atoms with Crippen LogP contribution in [0.25, 0.3) is 0 Å². The Hall–Kier alpha value is -1.59. The third-order valence-corrected chi connectivity index (χ3v) is 4.22. The van der Waals surface area contributed by atoms with Crippen LogP contribution < -0.4 is 5.32 Å². The number of nitrogens with one attached hydrogen (secondary N) is 1. The highest BCUT2D eigenvalue weighted by Crippen LogP contribution is 2.19. The topological polar surface area (TPSA) is 69.6 Å². The predicted octanol–water partition coefficient (Wildman–Crippen LogP) is 1.72. The third-order valence-electron chi connectivity index (χ3n) is 3.99. The second kappa shape index (κ2) is 7.61. The van der Waals surface area contributed by atoms with Gasteiger partial charge in [-0.1, -0.05) is 17.7 Å². The molecule has 2 N–H and O–H groups in total. The van der Waals surface area contributed by atoms with Crippen LogP contribution in [0.4, 0.5) is 0 Å². The van der Waals surface area contributed by atoms with E-state index in [2.05, 4.69) is 29.4 Å². The minimum Gasteiger partial charge on any atom is -0.480 e. The fourth-order valence-electron chi connectivity index (χ4n) is 2.60. The lowest BCUT2D eigenvalue weighted by molar-refractivity contribution is -0.140. The Morgan fingerprint density at radius 3 is 2.50 bits per heavy atom. The van der Waals surface area contributed by atoms with Crippen molar-refractivity contribution in [3.8, 4) is 0 Å². The van der Waals surface area contributed by atoms with Crippen molar-refractivity contribution in [1.82, 2.24) is 10.2 Å². The highest BCUT2D eigenvalue weighted by Gasteiger charge is 2.26. The average molecular weight is 325 g/mol. The first-order valence-electron chi connectivity index (χ1n) is 7.43. The molecule has 5 nitrogen and oxygen atoms in total. The Bertz CT molecular complexity index is 562. The second-order valence-corrected chi connectivity index (χ2v) is 6.15. The number of hydrogen-bond acceptors (Lipinski definition) is 3. The quantitative estimate of drug-likeness (QED) is 0.825. The maximum Gasteiger partial charge on any atom is 0.326 e. The zero-order valence-corrected chi connectivity index (χ0v) is 13.4. The first kappa shape index (κ1) is 16.8. The van der Waals surface area contributed by atoms with Crippen LogP contribution in [0.5, 0.6) is 0 Å². The van der Waals surface area contributed by atoms with Crippen LogP contribution in [0.2, 0.25) is 5.02 Å². The predicted molar refractivity (Wildman–Crippen MR) is 85.2 cm³/mol. The maximum absolute atomic E-state index is 10.4. The van der Waals surface area contributed by atoms with E-state index < -0.39 is 12.0 Å². The summed E-state index contributed by atoms with van der Waals surface area (Å²) in [6.45, 7) is 2.31. The van der Waals surface area contributed by atoms with Crippen molar-refractivity contribution in [1.29, 1.82) is 0 Å². The summed E-state index contributed by atoms with van der Waals surface area (Å²) in [5.41, 5.74) is 2.89. The number of aliphatic carboxylic acids is 1. The summed E-state index contributed by atoms with van der Waals surface area (Å²) in [5.74, 6) is -1.11. The molecule has 6 heteroatoms. The molecular formula is C16H21ClN2O3. The molecule has 2 aliphatic rings. The Balaban J connectivity index is 0.000000172. The number of carbonyl (C=O) groups is 2. The molecule has 120 valence electrons. The number of hydrogen-bond donors (Lipinski definition) is 2. The Labute approximate surface area is 135 Å². The second-order valence-electron chi connectivity index (χ2n) is 5.71. The van der Waals surface area contributed by atoms with E-state index in [0.29, 0.717) is 12.8 Å². The molecule has 1 amide bonds. The van der Waals surface area contributed by atoms with Crippen molar-refractivity contribution in [2.24, 2.45) is 0 Å². The molecule has 0 radical (unpaired) electrons. The Morgan fingerprint density at radius 1 is 1.27 bits per heavy atom. The van der Waals surface area contributed by atoms with E-state index >= 15 is 0 Å². The SMILES string of the molecule is CN1CCc2ccc(Cl)cc2CC1.O=C1CC[C@H](C(=O)O)N1. The average Bonchev–Trinajstić information content (AvgIpc) is 2.83. The minimum atomic E-state index is -0.944. The number of nitrogens with zero attached hydrogens (tertiary/aromatic N) is 1. The number of halogens is 1. The number of carboxylic acid groups (broad SMARTS) is 1. The summed E-state index contributed by atoms with van der Waals surface area (Å²) < 4.78 is 0. The molecule has 2 heterocycles. The first-order chi connectivity index (χ1) is 10.5. The molecule has 0 spiro atoms. The number of fused-ring (bicyclic) bond motifs is 1. The van der Waals surface area contributed by atoms with Crippen LogP contribution >= 0.6 is 11.6 Å². The number of benzene rings is 1. The summed E-state index contributed by atoms with van der Waals surface area (Å²) in [7, 11) is 2.17. The number of carbonyl (C=O) groups excluding carboxylic acids is 1. The van der Waals surface area contributed by atoms with Crippen molar-refractivity contribution < 1.29 is 14.7 Å². The Kier molecular flexibility index (Phi) is 5.80. The van der Waals surface area contributed by atoms with Crippen LogP contribution in [0.1, 0.15) is 24.0 Å². The van der Waals surface area contributed by atoms with Gasteiger partial charge in [-0.2, -0.15) is 0 Å². The molecule has 0 unspecified atom stereocenters. The molecule has 1 aromatic carbocycles. The molecule has 0 aromatic heterocycles. The molecule has 1 aromatic rings. The van der Waals surface area contributed by atoms with Gasteiger partial charge in [0.05, 0.1) is 0 Å². The van der Waals surface area contributed by atoms with E-state index in [1.54, 1.807) is 0 Å². The van der Waals surface area contributed by atoms with Gasteiger partial charge in [-0.15, -0.1) is 0 Å². The summed E-state index contributed by atoms with van der Waals surface area (Å²) >= 11 is 5.95. The van der Waals surface area contributed by atoms with Crippen molar-refractivity contribution in [2.75, 3.05) is 20.1 Å². The summed E-state index contributed by atoms with van der Waals surface area (Å²) in [6.07, 6.45) is 3.06. The smallest absolute Gasteiger partial charge is 0.326 e. The summed E-state index contributed by atoms with van der Waals surface area (Å²) in [4.78, 5) is 22.9. The fraction of sp³-hybridized carbons (Fsp3) is 0.500. The number of likely N-dealkylation sites (N-methyl/N-ethyl adjacent to an activating group) is 1. The van der Waals surface area contributed by atoms with Gasteiger partial charge in [0, 0.05) is 24.5 Å². The van der Waals surface area contributed by atoms with Crippen LogP contribution in [0.15, 0.2) is 18.2 Å². The molecule has 0 bridgehead atoms. The van der Waals surface area contributed by atoms with E-state index in [1.807, 2.05) is 6.07 Å². The van der Waals surface area contributed by atoms with Gasteiger partial charge in [0.25, 0.3) is 0 Å². The lowest BCUT2D eigenvalue weighted by atomic mass is 10.0. The van der Waals surface area contributed by atoms with E-state index in [9.17, 15) is 9.59 Å². The van der Waals surface area contributed by atoms with Gasteiger partial charge in [-0.3, -0.25) is 4.79 Å².